The molecule has 1 N–H and O–H groups in total. The number of carboxylic acid groups (broad SMARTS) is 1. The predicted molar refractivity (Wildman–Crippen MR) is 124 cm³/mol. The molecule has 0 aromatic rings. The summed E-state index contributed by atoms with van der Waals surface area (Å²) in [7, 11) is 0. The third-order valence-electron chi connectivity index (χ3n) is 6.65. The van der Waals surface area contributed by atoms with Gasteiger partial charge in [0.25, 0.3) is 0 Å². The summed E-state index contributed by atoms with van der Waals surface area (Å²) in [5, 5.41) is 13.8. The summed E-state index contributed by atoms with van der Waals surface area (Å²) in [5.74, 6) is -0.694. The molecule has 0 saturated carbocycles. The molecule has 0 aliphatic rings. The Labute approximate surface area is 186 Å². The highest BCUT2D eigenvalue weighted by molar-refractivity contribution is 5.78. The van der Waals surface area contributed by atoms with Gasteiger partial charge in [0.2, 0.25) is 5.91 Å². The van der Waals surface area contributed by atoms with Crippen LogP contribution in [0.3, 0.4) is 0 Å². The number of rotatable bonds is 21. The number of amides is 1. The lowest BCUT2D eigenvalue weighted by Crippen LogP contribution is -2.50. The van der Waals surface area contributed by atoms with Gasteiger partial charge in [-0.1, -0.05) is 71.6 Å². The minimum atomic E-state index is -0.964. The Hall–Kier alpha value is -1.10. The number of nitrogens with zero attached hydrogens (tertiary/aromatic N) is 1. The van der Waals surface area contributed by atoms with Crippen molar-refractivity contribution in [3.8, 4) is 0 Å². The summed E-state index contributed by atoms with van der Waals surface area (Å²) in [5.41, 5.74) is 0. The normalized spacial score (nSPS) is 12.7. The van der Waals surface area contributed by atoms with Crippen molar-refractivity contribution in [3.05, 3.63) is 0 Å². The summed E-state index contributed by atoms with van der Waals surface area (Å²) in [6.07, 6.45) is 14.5. The number of hydrogen-bond donors (Lipinski definition) is 1. The number of hydrogen-bond acceptors (Lipinski definition) is 3. The molecule has 0 spiro atoms. The van der Waals surface area contributed by atoms with Gasteiger partial charge in [-0.2, -0.15) is 0 Å². The van der Waals surface area contributed by atoms with E-state index in [4.69, 9.17) is 0 Å². The first-order valence-electron chi connectivity index (χ1n) is 12.7. The molecule has 0 bridgehead atoms. The van der Waals surface area contributed by atoms with Gasteiger partial charge in [0.15, 0.2) is 0 Å². The second-order valence-electron chi connectivity index (χ2n) is 9.06. The summed E-state index contributed by atoms with van der Waals surface area (Å²) in [6, 6.07) is 0. The van der Waals surface area contributed by atoms with E-state index < -0.39 is 5.97 Å². The van der Waals surface area contributed by atoms with E-state index in [2.05, 4.69) is 26.1 Å². The summed E-state index contributed by atoms with van der Waals surface area (Å²) >= 11 is 0. The number of aliphatic carboxylic acids is 1. The van der Waals surface area contributed by atoms with Crippen LogP contribution in [0.1, 0.15) is 111 Å². The fourth-order valence-corrected chi connectivity index (χ4v) is 4.22. The largest absolute Gasteiger partial charge is 0.550 e. The van der Waals surface area contributed by atoms with Gasteiger partial charge in [-0.05, 0) is 26.7 Å². The first kappa shape index (κ1) is 28.9. The van der Waals surface area contributed by atoms with Crippen LogP contribution in [0.25, 0.3) is 0 Å². The van der Waals surface area contributed by atoms with Crippen molar-refractivity contribution in [3.63, 3.8) is 0 Å². The average Bonchev–Trinajstić information content (AvgIpc) is 2.73. The van der Waals surface area contributed by atoms with Crippen LogP contribution in [-0.2, 0) is 9.59 Å². The average molecular weight is 427 g/mol. The van der Waals surface area contributed by atoms with Crippen molar-refractivity contribution in [2.75, 3.05) is 32.7 Å². The highest BCUT2D eigenvalue weighted by Crippen LogP contribution is 2.14. The van der Waals surface area contributed by atoms with Crippen LogP contribution in [0.15, 0.2) is 0 Å². The van der Waals surface area contributed by atoms with Crippen molar-refractivity contribution in [2.24, 2.45) is 5.92 Å². The van der Waals surface area contributed by atoms with Gasteiger partial charge in [-0.15, -0.1) is 0 Å². The van der Waals surface area contributed by atoms with E-state index in [1.165, 1.54) is 51.4 Å². The maximum atomic E-state index is 12.3. The lowest BCUT2D eigenvalue weighted by atomic mass is 10.0. The number of carboxylic acids is 1. The van der Waals surface area contributed by atoms with Gasteiger partial charge in [0.1, 0.15) is 0 Å². The highest BCUT2D eigenvalue weighted by atomic mass is 16.4. The van der Waals surface area contributed by atoms with Gasteiger partial charge < -0.3 is 19.7 Å². The Morgan fingerprint density at radius 2 is 1.33 bits per heavy atom. The molecule has 1 unspecified atom stereocenters. The SMILES string of the molecule is CCCCCCCCCCCC(C)C(=O)NCCC[N+](CC)(CC)CCCC(=O)[O-]. The van der Waals surface area contributed by atoms with E-state index in [0.29, 0.717) is 13.0 Å². The second kappa shape index (κ2) is 18.7. The quantitative estimate of drug-likeness (QED) is 0.218. The van der Waals surface area contributed by atoms with Crippen molar-refractivity contribution >= 4 is 11.9 Å². The Bertz CT molecular complexity index is 436. The molecule has 0 saturated heterocycles. The molecule has 0 radical (unpaired) electrons. The first-order chi connectivity index (χ1) is 14.4. The molecule has 1 amide bonds. The zero-order chi connectivity index (χ0) is 22.7. The predicted octanol–water partition coefficient (Wildman–Crippen LogP) is 4.44. The van der Waals surface area contributed by atoms with Gasteiger partial charge in [-0.3, -0.25) is 4.79 Å². The molecule has 0 heterocycles. The zero-order valence-electron chi connectivity index (χ0n) is 20.5. The molecule has 0 aliphatic heterocycles. The lowest BCUT2D eigenvalue weighted by molar-refractivity contribution is -0.925. The number of unbranched alkanes of at least 4 members (excludes halogenated alkanes) is 8. The number of quaternary nitrogens is 1. The van der Waals surface area contributed by atoms with Crippen molar-refractivity contribution in [2.45, 2.75) is 111 Å². The van der Waals surface area contributed by atoms with E-state index in [1.54, 1.807) is 0 Å². The number of nitrogens with one attached hydrogen (secondary N) is 1. The van der Waals surface area contributed by atoms with Crippen molar-refractivity contribution in [1.29, 1.82) is 0 Å². The van der Waals surface area contributed by atoms with Gasteiger partial charge in [0.05, 0.1) is 26.2 Å². The molecule has 0 aromatic heterocycles. The minimum absolute atomic E-state index is 0.0919. The smallest absolute Gasteiger partial charge is 0.222 e. The molecule has 5 nitrogen and oxygen atoms in total. The van der Waals surface area contributed by atoms with Gasteiger partial charge in [0, 0.05) is 31.3 Å². The molecule has 178 valence electrons. The van der Waals surface area contributed by atoms with Crippen molar-refractivity contribution in [1.82, 2.24) is 5.32 Å². The van der Waals surface area contributed by atoms with Crippen molar-refractivity contribution < 1.29 is 19.2 Å². The van der Waals surface area contributed by atoms with Crippen LogP contribution < -0.4 is 10.4 Å². The Balaban J connectivity index is 3.87. The highest BCUT2D eigenvalue weighted by Gasteiger charge is 2.22. The molecule has 0 aliphatic carbocycles. The topological polar surface area (TPSA) is 69.2 Å². The van der Waals surface area contributed by atoms with Crippen LogP contribution in [0.2, 0.25) is 0 Å². The minimum Gasteiger partial charge on any atom is -0.550 e. The molecular weight excluding hydrogens is 376 g/mol. The third-order valence-corrected chi connectivity index (χ3v) is 6.65. The first-order valence-corrected chi connectivity index (χ1v) is 12.7. The molecule has 1 atom stereocenters. The molecule has 0 aromatic carbocycles. The van der Waals surface area contributed by atoms with E-state index in [-0.39, 0.29) is 18.2 Å². The summed E-state index contributed by atoms with van der Waals surface area (Å²) < 4.78 is 0.914. The van der Waals surface area contributed by atoms with Crippen LogP contribution in [0.4, 0.5) is 0 Å². The van der Waals surface area contributed by atoms with E-state index in [1.807, 2.05) is 6.92 Å². The Kier molecular flexibility index (Phi) is 18.0. The van der Waals surface area contributed by atoms with Gasteiger partial charge in [-0.25, -0.2) is 0 Å². The lowest BCUT2D eigenvalue weighted by Gasteiger charge is -2.37. The molecule has 0 fully saturated rings. The van der Waals surface area contributed by atoms with E-state index in [9.17, 15) is 14.7 Å². The maximum absolute atomic E-state index is 12.3. The molecule has 0 rings (SSSR count). The number of carbonyl (C=O) groups is 2. The van der Waals surface area contributed by atoms with E-state index in [0.717, 1.165) is 49.9 Å². The Morgan fingerprint density at radius 1 is 0.800 bits per heavy atom. The second-order valence-corrected chi connectivity index (χ2v) is 9.06. The maximum Gasteiger partial charge on any atom is 0.222 e. The van der Waals surface area contributed by atoms with Crippen LogP contribution in [-0.4, -0.2) is 49.1 Å². The van der Waals surface area contributed by atoms with E-state index >= 15 is 0 Å². The zero-order valence-corrected chi connectivity index (χ0v) is 20.5. The summed E-state index contributed by atoms with van der Waals surface area (Å²) in [6.45, 7) is 13.2. The van der Waals surface area contributed by atoms with Crippen LogP contribution >= 0.6 is 0 Å². The van der Waals surface area contributed by atoms with Crippen LogP contribution in [0.5, 0.6) is 0 Å². The van der Waals surface area contributed by atoms with Gasteiger partial charge >= 0.3 is 0 Å². The van der Waals surface area contributed by atoms with Crippen LogP contribution in [0, 0.1) is 5.92 Å². The Morgan fingerprint density at radius 3 is 1.87 bits per heavy atom. The molecule has 30 heavy (non-hydrogen) atoms. The summed E-state index contributed by atoms with van der Waals surface area (Å²) in [4.78, 5) is 23.0. The number of carbonyl (C=O) groups excluding carboxylic acids is 2. The standard InChI is InChI=1S/C25H50N2O3/c1-5-8-9-10-11-12-13-14-15-18-23(4)25(30)26-20-17-22-27(6-2,7-3)21-16-19-24(28)29/h23H,5-22H2,1-4H3,(H-,26,28,29,30). The fraction of sp³-hybridized carbons (Fsp3) is 0.920. The molecule has 5 heteroatoms. The molecular formula is C25H50N2O3. The fourth-order valence-electron chi connectivity index (χ4n) is 4.22. The third kappa shape index (κ3) is 14.8. The monoisotopic (exact) mass is 426 g/mol.